The van der Waals surface area contributed by atoms with Gasteiger partial charge in [0.2, 0.25) is 0 Å². The summed E-state index contributed by atoms with van der Waals surface area (Å²) < 4.78 is 17.5. The normalized spacial score (nSPS) is 43.0. The molecule has 4 aliphatic rings. The number of epoxide rings is 1. The molecule has 0 N–H and O–H groups in total. The monoisotopic (exact) mass is 342 g/mol. The highest BCUT2D eigenvalue weighted by Gasteiger charge is 2.52. The van der Waals surface area contributed by atoms with E-state index in [1.165, 1.54) is 5.57 Å². The van der Waals surface area contributed by atoms with Gasteiger partial charge in [0.15, 0.2) is 0 Å². The summed E-state index contributed by atoms with van der Waals surface area (Å²) in [4.78, 5) is 12.0. The number of hydrogen-bond acceptors (Lipinski definition) is 4. The third kappa shape index (κ3) is 3.08. The molecule has 0 aromatic heterocycles. The second-order valence-electron chi connectivity index (χ2n) is 7.99. The van der Waals surface area contributed by atoms with Crippen molar-refractivity contribution in [3.63, 3.8) is 0 Å². The molecule has 4 rings (SSSR count). The van der Waals surface area contributed by atoms with E-state index in [-0.39, 0.29) is 35.8 Å². The van der Waals surface area contributed by atoms with Crippen LogP contribution in [0, 0.1) is 5.92 Å². The molecule has 3 aliphatic heterocycles. The fourth-order valence-corrected chi connectivity index (χ4v) is 4.32. The highest BCUT2D eigenvalue weighted by molar-refractivity contribution is 5.91. The average molecular weight is 342 g/mol. The predicted molar refractivity (Wildman–Crippen MR) is 94.7 cm³/mol. The van der Waals surface area contributed by atoms with E-state index in [9.17, 15) is 4.79 Å². The molecule has 0 spiro atoms. The molecule has 1 aliphatic carbocycles. The van der Waals surface area contributed by atoms with E-state index >= 15 is 0 Å². The van der Waals surface area contributed by atoms with Crippen molar-refractivity contribution in [2.75, 3.05) is 0 Å². The summed E-state index contributed by atoms with van der Waals surface area (Å²) in [6.45, 7) is 12.2. The maximum Gasteiger partial charge on any atom is 0.334 e. The largest absolute Gasteiger partial charge is 0.486 e. The summed E-state index contributed by atoms with van der Waals surface area (Å²) in [5, 5.41) is 0. The van der Waals surface area contributed by atoms with Crippen LogP contribution in [-0.4, -0.2) is 29.9 Å². The van der Waals surface area contributed by atoms with Crippen molar-refractivity contribution in [2.24, 2.45) is 5.92 Å². The Morgan fingerprint density at radius 3 is 2.80 bits per heavy atom. The molecule has 0 aromatic rings. The minimum Gasteiger partial charge on any atom is -0.486 e. The third-order valence-electron chi connectivity index (χ3n) is 6.02. The van der Waals surface area contributed by atoms with Gasteiger partial charge in [-0.05, 0) is 57.3 Å². The van der Waals surface area contributed by atoms with Crippen LogP contribution in [0.15, 0.2) is 47.8 Å². The standard InChI is InChI=1S/C21H26O4/c1-12-9-16-11-15(14(3)23-16)5-6-19-21(4,25-19)8-7-17-13(2)20(22)24-18(17)10-12/h10-11,16-19H,2-3,5-9H2,1,4H3/b12-10+/t16?,17-,18+,19?,21?/m1/s1. The van der Waals surface area contributed by atoms with Crippen molar-refractivity contribution in [3.05, 3.63) is 47.8 Å². The number of esters is 1. The second kappa shape index (κ2) is 5.87. The fourth-order valence-electron chi connectivity index (χ4n) is 4.32. The maximum absolute atomic E-state index is 12.0. The van der Waals surface area contributed by atoms with Gasteiger partial charge in [-0.25, -0.2) is 4.79 Å². The molecule has 4 nitrogen and oxygen atoms in total. The summed E-state index contributed by atoms with van der Waals surface area (Å²) in [5.41, 5.74) is 2.86. The summed E-state index contributed by atoms with van der Waals surface area (Å²) in [5.74, 6) is 0.556. The van der Waals surface area contributed by atoms with Gasteiger partial charge in [0.05, 0.1) is 11.7 Å². The van der Waals surface area contributed by atoms with Crippen LogP contribution in [0.4, 0.5) is 0 Å². The summed E-state index contributed by atoms with van der Waals surface area (Å²) >= 11 is 0. The summed E-state index contributed by atoms with van der Waals surface area (Å²) in [6.07, 6.45) is 8.80. The molecule has 0 aromatic carbocycles. The molecule has 0 amide bonds. The van der Waals surface area contributed by atoms with E-state index in [2.05, 4.69) is 39.2 Å². The Labute approximate surface area is 149 Å². The number of carbonyl (C=O) groups is 1. The molecule has 0 radical (unpaired) electrons. The van der Waals surface area contributed by atoms with Crippen LogP contribution in [0.2, 0.25) is 0 Å². The molecule has 25 heavy (non-hydrogen) atoms. The summed E-state index contributed by atoms with van der Waals surface area (Å²) in [7, 11) is 0. The molecule has 4 heteroatoms. The van der Waals surface area contributed by atoms with Gasteiger partial charge in [0.1, 0.15) is 18.0 Å². The van der Waals surface area contributed by atoms with E-state index in [0.29, 0.717) is 5.57 Å². The number of allylic oxidation sites excluding steroid dienone is 1. The van der Waals surface area contributed by atoms with Crippen LogP contribution in [0.3, 0.4) is 0 Å². The number of fused-ring (bicyclic) bond motifs is 3. The van der Waals surface area contributed by atoms with Gasteiger partial charge in [-0.15, -0.1) is 0 Å². The zero-order valence-electron chi connectivity index (χ0n) is 15.0. The molecule has 3 unspecified atom stereocenters. The van der Waals surface area contributed by atoms with E-state index < -0.39 is 0 Å². The number of carbonyl (C=O) groups excluding carboxylic acids is 1. The first-order chi connectivity index (χ1) is 11.9. The van der Waals surface area contributed by atoms with Crippen LogP contribution < -0.4 is 0 Å². The van der Waals surface area contributed by atoms with Gasteiger partial charge in [0.25, 0.3) is 0 Å². The van der Waals surface area contributed by atoms with Gasteiger partial charge in [0, 0.05) is 17.9 Å². The third-order valence-corrected chi connectivity index (χ3v) is 6.02. The second-order valence-corrected chi connectivity index (χ2v) is 7.99. The van der Waals surface area contributed by atoms with Gasteiger partial charge in [-0.1, -0.05) is 18.7 Å². The van der Waals surface area contributed by atoms with Crippen molar-refractivity contribution < 1.29 is 19.0 Å². The Kier molecular flexibility index (Phi) is 3.91. The summed E-state index contributed by atoms with van der Waals surface area (Å²) in [6, 6.07) is 0. The molecular weight excluding hydrogens is 316 g/mol. The highest BCUT2D eigenvalue weighted by atomic mass is 16.6. The molecule has 0 saturated carbocycles. The van der Waals surface area contributed by atoms with Crippen molar-refractivity contribution >= 4 is 5.97 Å². The Morgan fingerprint density at radius 1 is 1.20 bits per heavy atom. The lowest BCUT2D eigenvalue weighted by Crippen LogP contribution is -2.19. The molecule has 2 bridgehead atoms. The maximum atomic E-state index is 12.0. The number of ether oxygens (including phenoxy) is 3. The average Bonchev–Trinajstić information content (AvgIpc) is 2.93. The van der Waals surface area contributed by atoms with E-state index in [1.54, 1.807) is 0 Å². The zero-order chi connectivity index (χ0) is 17.8. The van der Waals surface area contributed by atoms with Gasteiger partial charge in [-0.3, -0.25) is 0 Å². The Morgan fingerprint density at radius 2 is 2.00 bits per heavy atom. The van der Waals surface area contributed by atoms with Crippen LogP contribution >= 0.6 is 0 Å². The molecular formula is C21H26O4. The topological polar surface area (TPSA) is 48.1 Å². The predicted octanol–water partition coefficient (Wildman–Crippen LogP) is 3.99. The van der Waals surface area contributed by atoms with Crippen LogP contribution in [0.5, 0.6) is 0 Å². The zero-order valence-corrected chi connectivity index (χ0v) is 15.0. The number of rotatable bonds is 0. The van der Waals surface area contributed by atoms with Crippen molar-refractivity contribution in [3.8, 4) is 0 Å². The molecule has 3 heterocycles. The Balaban J connectivity index is 1.60. The lowest BCUT2D eigenvalue weighted by molar-refractivity contribution is -0.137. The first-order valence-corrected chi connectivity index (χ1v) is 9.17. The fraction of sp³-hybridized carbons (Fsp3) is 0.571. The van der Waals surface area contributed by atoms with Gasteiger partial charge in [-0.2, -0.15) is 0 Å². The van der Waals surface area contributed by atoms with Crippen molar-refractivity contribution in [2.45, 2.75) is 69.9 Å². The molecule has 2 fully saturated rings. The first kappa shape index (κ1) is 16.6. The Bertz CT molecular complexity index is 701. The van der Waals surface area contributed by atoms with Crippen molar-refractivity contribution in [1.29, 1.82) is 0 Å². The lowest BCUT2D eigenvalue weighted by atomic mass is 9.86. The van der Waals surface area contributed by atoms with Crippen LogP contribution in [0.1, 0.15) is 46.0 Å². The van der Waals surface area contributed by atoms with Crippen molar-refractivity contribution in [1.82, 2.24) is 0 Å². The van der Waals surface area contributed by atoms with Gasteiger partial charge >= 0.3 is 5.97 Å². The minimum absolute atomic E-state index is 0.0203. The molecule has 134 valence electrons. The lowest BCUT2D eigenvalue weighted by Gasteiger charge is -2.18. The van der Waals surface area contributed by atoms with Crippen LogP contribution in [0.25, 0.3) is 0 Å². The SMILES string of the molecule is C=C1OC2C=C1CCC1OC1(C)CC[C@@H]1C(=C)C(=O)O[C@H]1/C=C(\C)C2. The molecule has 2 saturated heterocycles. The van der Waals surface area contributed by atoms with Crippen LogP contribution in [-0.2, 0) is 19.0 Å². The minimum atomic E-state index is -0.269. The molecule has 5 atom stereocenters. The van der Waals surface area contributed by atoms with Gasteiger partial charge < -0.3 is 14.2 Å². The number of hydrogen-bond donors (Lipinski definition) is 0. The Hall–Kier alpha value is -1.81. The van der Waals surface area contributed by atoms with E-state index in [0.717, 1.165) is 43.4 Å². The van der Waals surface area contributed by atoms with E-state index in [1.807, 2.05) is 0 Å². The quantitative estimate of drug-likeness (QED) is 0.289. The van der Waals surface area contributed by atoms with E-state index in [4.69, 9.17) is 14.2 Å². The highest BCUT2D eigenvalue weighted by Crippen LogP contribution is 2.46. The smallest absolute Gasteiger partial charge is 0.334 e. The first-order valence-electron chi connectivity index (χ1n) is 9.17.